The lowest BCUT2D eigenvalue weighted by molar-refractivity contribution is 0.625. The molecule has 0 aliphatic heterocycles. The molecule has 90 valence electrons. The predicted molar refractivity (Wildman–Crippen MR) is 84.6 cm³/mol. The van der Waals surface area contributed by atoms with Gasteiger partial charge in [-0.05, 0) is 67.3 Å². The van der Waals surface area contributed by atoms with E-state index in [1.165, 1.54) is 12.1 Å². The van der Waals surface area contributed by atoms with Crippen LogP contribution in [0.1, 0.15) is 16.0 Å². The summed E-state index contributed by atoms with van der Waals surface area (Å²) < 4.78 is 16.2. The molecular weight excluding hydrogens is 503 g/mol. The number of thiophene rings is 1. The Morgan fingerprint density at radius 1 is 1.06 bits per heavy atom. The molecule has 1 unspecified atom stereocenters. The van der Waals surface area contributed by atoms with Crippen LogP contribution in [-0.2, 0) is 0 Å². The van der Waals surface area contributed by atoms with Crippen molar-refractivity contribution in [1.82, 2.24) is 0 Å². The van der Waals surface area contributed by atoms with Gasteiger partial charge in [-0.3, -0.25) is 0 Å². The van der Waals surface area contributed by atoms with Crippen LogP contribution in [-0.4, -0.2) is 0 Å². The van der Waals surface area contributed by atoms with E-state index in [9.17, 15) is 4.39 Å². The van der Waals surface area contributed by atoms with Gasteiger partial charge in [-0.1, -0.05) is 31.9 Å². The highest BCUT2D eigenvalue weighted by Crippen LogP contribution is 2.43. The largest absolute Gasteiger partial charge is 0.207 e. The number of alkyl halides is 1. The molecule has 0 aliphatic rings. The van der Waals surface area contributed by atoms with Crippen molar-refractivity contribution in [3.05, 3.63) is 53.3 Å². The summed E-state index contributed by atoms with van der Waals surface area (Å²) in [6.07, 6.45) is 0. The highest BCUT2D eigenvalue weighted by atomic mass is 79.9. The van der Waals surface area contributed by atoms with E-state index in [0.717, 1.165) is 23.2 Å². The first-order valence-corrected chi connectivity index (χ1v) is 8.64. The van der Waals surface area contributed by atoms with E-state index in [2.05, 4.69) is 63.7 Å². The van der Waals surface area contributed by atoms with E-state index in [4.69, 9.17) is 0 Å². The molecule has 0 saturated heterocycles. The third-order valence-electron chi connectivity index (χ3n) is 2.19. The molecule has 2 aromatic rings. The van der Waals surface area contributed by atoms with Gasteiger partial charge in [0.25, 0.3) is 0 Å². The van der Waals surface area contributed by atoms with Gasteiger partial charge in [0, 0.05) is 4.47 Å². The molecule has 0 amide bonds. The summed E-state index contributed by atoms with van der Waals surface area (Å²) in [7, 11) is 0. The molecule has 0 bridgehead atoms. The number of hydrogen-bond acceptors (Lipinski definition) is 1. The Labute approximate surface area is 136 Å². The molecule has 6 heteroatoms. The van der Waals surface area contributed by atoms with E-state index >= 15 is 0 Å². The molecule has 0 spiro atoms. The highest BCUT2D eigenvalue weighted by Gasteiger charge is 2.19. The number of benzene rings is 1. The Hall–Kier alpha value is 0.770. The zero-order valence-corrected chi connectivity index (χ0v) is 15.3. The lowest BCUT2D eigenvalue weighted by Crippen LogP contribution is -1.94. The fraction of sp³-hybridized carbons (Fsp3) is 0.0909. The van der Waals surface area contributed by atoms with Gasteiger partial charge in [-0.25, -0.2) is 4.39 Å². The summed E-state index contributed by atoms with van der Waals surface area (Å²) in [6.45, 7) is 0. The van der Waals surface area contributed by atoms with E-state index < -0.39 is 0 Å². The smallest absolute Gasteiger partial charge is 0.123 e. The van der Waals surface area contributed by atoms with Gasteiger partial charge in [0.1, 0.15) is 5.82 Å². The summed E-state index contributed by atoms with van der Waals surface area (Å²) in [5, 5.41) is 0. The second-order valence-corrected chi connectivity index (χ2v) is 8.83. The van der Waals surface area contributed by atoms with E-state index in [0.29, 0.717) is 0 Å². The van der Waals surface area contributed by atoms with Crippen LogP contribution in [0.3, 0.4) is 0 Å². The van der Waals surface area contributed by atoms with Gasteiger partial charge >= 0.3 is 0 Å². The second kappa shape index (κ2) is 5.82. The normalized spacial score (nSPS) is 12.8. The first-order chi connectivity index (χ1) is 7.99. The van der Waals surface area contributed by atoms with Crippen molar-refractivity contribution in [2.24, 2.45) is 0 Å². The van der Waals surface area contributed by atoms with Gasteiger partial charge in [-0.2, -0.15) is 0 Å². The third-order valence-corrected chi connectivity index (χ3v) is 6.28. The van der Waals surface area contributed by atoms with E-state index in [1.54, 1.807) is 17.4 Å². The number of halogens is 5. The fourth-order valence-electron chi connectivity index (χ4n) is 1.40. The van der Waals surface area contributed by atoms with Crippen LogP contribution in [0, 0.1) is 5.82 Å². The molecule has 0 fully saturated rings. The maximum Gasteiger partial charge on any atom is 0.123 e. The average molecular weight is 508 g/mol. The minimum absolute atomic E-state index is 0.0514. The van der Waals surface area contributed by atoms with Crippen molar-refractivity contribution in [2.75, 3.05) is 0 Å². The molecule has 0 nitrogen and oxygen atoms in total. The van der Waals surface area contributed by atoms with Crippen molar-refractivity contribution in [3.63, 3.8) is 0 Å². The summed E-state index contributed by atoms with van der Waals surface area (Å²) in [6, 6.07) is 6.70. The van der Waals surface area contributed by atoms with Crippen LogP contribution in [0.5, 0.6) is 0 Å². The average Bonchev–Trinajstić information content (AvgIpc) is 2.60. The summed E-state index contributed by atoms with van der Waals surface area (Å²) in [4.78, 5) is -0.0514. The molecule has 1 heterocycles. The van der Waals surface area contributed by atoms with Crippen LogP contribution in [0.4, 0.5) is 4.39 Å². The van der Waals surface area contributed by atoms with Crippen LogP contribution in [0.2, 0.25) is 0 Å². The van der Waals surface area contributed by atoms with Crippen molar-refractivity contribution < 1.29 is 4.39 Å². The molecular formula is C11H5Br4FS. The van der Waals surface area contributed by atoms with Gasteiger partial charge in [-0.15, -0.1) is 11.3 Å². The van der Waals surface area contributed by atoms with E-state index in [-0.39, 0.29) is 10.6 Å². The molecule has 0 N–H and O–H groups in total. The standard InChI is InChI=1S/C11H5Br4FS/c12-8-2-1-5(16)3-6(8)10(14)7-4-9(13)17-11(7)15/h1-4,10H. The Bertz CT molecular complexity index is 552. The maximum atomic E-state index is 13.3. The molecule has 2 rings (SSSR count). The van der Waals surface area contributed by atoms with Crippen LogP contribution < -0.4 is 0 Å². The number of hydrogen-bond donors (Lipinski definition) is 0. The number of rotatable bonds is 2. The molecule has 1 aromatic carbocycles. The minimum atomic E-state index is -0.238. The Morgan fingerprint density at radius 3 is 2.35 bits per heavy atom. The van der Waals surface area contributed by atoms with E-state index in [1.807, 2.05) is 6.07 Å². The van der Waals surface area contributed by atoms with Crippen LogP contribution in [0.15, 0.2) is 36.3 Å². The van der Waals surface area contributed by atoms with Crippen molar-refractivity contribution in [1.29, 1.82) is 0 Å². The Balaban J connectivity index is 2.46. The SMILES string of the molecule is Fc1ccc(Br)c(C(Br)c2cc(Br)sc2Br)c1. The van der Waals surface area contributed by atoms with Crippen LogP contribution >= 0.6 is 75.1 Å². The summed E-state index contributed by atoms with van der Waals surface area (Å²) in [5.41, 5.74) is 1.95. The third kappa shape index (κ3) is 3.21. The summed E-state index contributed by atoms with van der Waals surface area (Å²) >= 11 is 15.6. The quantitative estimate of drug-likeness (QED) is 0.399. The lowest BCUT2D eigenvalue weighted by atomic mass is 10.1. The lowest BCUT2D eigenvalue weighted by Gasteiger charge is -2.11. The van der Waals surface area contributed by atoms with Gasteiger partial charge in [0.2, 0.25) is 0 Å². The Morgan fingerprint density at radius 2 is 1.76 bits per heavy atom. The molecule has 1 atom stereocenters. The van der Waals surface area contributed by atoms with Gasteiger partial charge in [0.05, 0.1) is 12.4 Å². The van der Waals surface area contributed by atoms with Gasteiger partial charge in [0.15, 0.2) is 0 Å². The molecule has 0 radical (unpaired) electrons. The zero-order valence-electron chi connectivity index (χ0n) is 8.18. The summed E-state index contributed by atoms with van der Waals surface area (Å²) in [5.74, 6) is -0.238. The van der Waals surface area contributed by atoms with Gasteiger partial charge < -0.3 is 0 Å². The highest BCUT2D eigenvalue weighted by molar-refractivity contribution is 9.12. The van der Waals surface area contributed by atoms with Crippen molar-refractivity contribution in [3.8, 4) is 0 Å². The topological polar surface area (TPSA) is 0 Å². The zero-order chi connectivity index (χ0) is 12.6. The second-order valence-electron chi connectivity index (χ2n) is 3.31. The molecule has 1 aromatic heterocycles. The first kappa shape index (κ1) is 14.2. The first-order valence-electron chi connectivity index (χ1n) is 4.53. The Kier molecular flexibility index (Phi) is 4.86. The fourth-order valence-corrected chi connectivity index (χ4v) is 6.29. The maximum absolute atomic E-state index is 13.3. The molecule has 0 saturated carbocycles. The monoisotopic (exact) mass is 504 g/mol. The molecule has 0 aliphatic carbocycles. The minimum Gasteiger partial charge on any atom is -0.207 e. The predicted octanol–water partition coefficient (Wildman–Crippen LogP) is 6.66. The molecule has 17 heavy (non-hydrogen) atoms. The van der Waals surface area contributed by atoms with Crippen molar-refractivity contribution in [2.45, 2.75) is 4.83 Å². The van der Waals surface area contributed by atoms with Crippen molar-refractivity contribution >= 4 is 75.1 Å². The van der Waals surface area contributed by atoms with Crippen LogP contribution in [0.25, 0.3) is 0 Å².